The van der Waals surface area contributed by atoms with Crippen LogP contribution in [-0.2, 0) is 0 Å². The molecule has 0 saturated heterocycles. The number of hydrogen-bond acceptors (Lipinski definition) is 1. The standard InChI is InChI=1S/C4H6NS/c5-3-1-2-4-6/h1-2,4H2. The van der Waals surface area contributed by atoms with Crippen molar-refractivity contribution in [3.63, 3.8) is 0 Å². The molecule has 0 aromatic heterocycles. The number of hydrogen-bond donors (Lipinski definition) is 0. The van der Waals surface area contributed by atoms with Gasteiger partial charge in [0.2, 0.25) is 0 Å². The van der Waals surface area contributed by atoms with Crippen molar-refractivity contribution in [2.24, 2.45) is 0 Å². The van der Waals surface area contributed by atoms with Crippen molar-refractivity contribution in [3.05, 3.63) is 0 Å². The first kappa shape index (κ1) is 5.84. The highest BCUT2D eigenvalue weighted by molar-refractivity contribution is 7.80. The molecule has 0 saturated carbocycles. The summed E-state index contributed by atoms with van der Waals surface area (Å²) in [5.74, 6) is 0.716. The van der Waals surface area contributed by atoms with E-state index in [1.165, 1.54) is 0 Å². The molecule has 33 valence electrons. The van der Waals surface area contributed by atoms with Crippen LogP contribution in [0.2, 0.25) is 0 Å². The van der Waals surface area contributed by atoms with Gasteiger partial charge in [-0.15, -0.1) is 0 Å². The molecule has 0 N–H and O–H groups in total. The Bertz CT molecular complexity index is 55.1. The fourth-order valence-corrected chi connectivity index (χ4v) is 0.296. The summed E-state index contributed by atoms with van der Waals surface area (Å²) in [6, 6.07) is 2.00. The number of nitriles is 1. The first-order valence-electron chi connectivity index (χ1n) is 1.87. The van der Waals surface area contributed by atoms with E-state index in [4.69, 9.17) is 5.26 Å². The molecule has 0 unspecified atom stereocenters. The van der Waals surface area contributed by atoms with Crippen LogP contribution < -0.4 is 0 Å². The largest absolute Gasteiger partial charge is 0.198 e. The van der Waals surface area contributed by atoms with E-state index in [9.17, 15) is 0 Å². The highest BCUT2D eigenvalue weighted by Gasteiger charge is 1.75. The van der Waals surface area contributed by atoms with Crippen molar-refractivity contribution >= 4 is 12.6 Å². The second kappa shape index (κ2) is 4.84. The van der Waals surface area contributed by atoms with Gasteiger partial charge >= 0.3 is 0 Å². The van der Waals surface area contributed by atoms with Gasteiger partial charge in [-0.05, 0) is 6.42 Å². The van der Waals surface area contributed by atoms with Crippen molar-refractivity contribution in [1.82, 2.24) is 0 Å². The van der Waals surface area contributed by atoms with Gasteiger partial charge in [0.1, 0.15) is 0 Å². The van der Waals surface area contributed by atoms with Gasteiger partial charge in [0.15, 0.2) is 0 Å². The average Bonchev–Trinajstić information content (AvgIpc) is 1.61. The van der Waals surface area contributed by atoms with Crippen LogP contribution in [0.4, 0.5) is 0 Å². The molecule has 0 aromatic carbocycles. The van der Waals surface area contributed by atoms with E-state index < -0.39 is 0 Å². The zero-order valence-electron chi connectivity index (χ0n) is 3.48. The first-order chi connectivity index (χ1) is 2.91. The lowest BCUT2D eigenvalue weighted by molar-refractivity contribution is 0.985. The van der Waals surface area contributed by atoms with Crippen LogP contribution in [0.15, 0.2) is 0 Å². The van der Waals surface area contributed by atoms with Crippen LogP contribution in [0.25, 0.3) is 0 Å². The maximum Gasteiger partial charge on any atom is 0.0622 e. The summed E-state index contributed by atoms with van der Waals surface area (Å²) in [6.45, 7) is 0. The van der Waals surface area contributed by atoms with Crippen LogP contribution in [0.1, 0.15) is 12.8 Å². The second-order valence-corrected chi connectivity index (χ2v) is 1.37. The molecular formula is C4H6NS. The Hall–Kier alpha value is -0.160. The van der Waals surface area contributed by atoms with Crippen LogP contribution >= 0.6 is 12.6 Å². The molecule has 0 rings (SSSR count). The molecule has 1 radical (unpaired) electrons. The van der Waals surface area contributed by atoms with Crippen LogP contribution in [0.3, 0.4) is 0 Å². The smallest absolute Gasteiger partial charge is 0.0622 e. The summed E-state index contributed by atoms with van der Waals surface area (Å²) in [5.41, 5.74) is 0. The summed E-state index contributed by atoms with van der Waals surface area (Å²) in [4.78, 5) is 0. The van der Waals surface area contributed by atoms with Crippen molar-refractivity contribution in [3.8, 4) is 6.07 Å². The monoisotopic (exact) mass is 100 g/mol. The highest BCUT2D eigenvalue weighted by atomic mass is 32.1. The number of nitrogens with zero attached hydrogens (tertiary/aromatic N) is 1. The average molecular weight is 100 g/mol. The maximum absolute atomic E-state index is 7.90. The Morgan fingerprint density at radius 3 is 2.50 bits per heavy atom. The summed E-state index contributed by atoms with van der Waals surface area (Å²) in [5, 5.41) is 7.90. The summed E-state index contributed by atoms with van der Waals surface area (Å²) in [7, 11) is 0. The summed E-state index contributed by atoms with van der Waals surface area (Å²) < 4.78 is 0. The van der Waals surface area contributed by atoms with Gasteiger partial charge in [-0.25, -0.2) is 0 Å². The van der Waals surface area contributed by atoms with Crippen LogP contribution in [0.5, 0.6) is 0 Å². The minimum atomic E-state index is 0.615. The topological polar surface area (TPSA) is 23.8 Å². The zero-order valence-corrected chi connectivity index (χ0v) is 4.29. The third-order valence-corrected chi connectivity index (χ3v) is 0.722. The molecular weight excluding hydrogens is 94.1 g/mol. The van der Waals surface area contributed by atoms with E-state index in [0.29, 0.717) is 12.2 Å². The quantitative estimate of drug-likeness (QED) is 0.482. The van der Waals surface area contributed by atoms with Crippen molar-refractivity contribution in [1.29, 1.82) is 5.26 Å². The molecule has 0 aromatic rings. The maximum atomic E-state index is 7.90. The van der Waals surface area contributed by atoms with Gasteiger partial charge in [0, 0.05) is 12.2 Å². The lowest BCUT2D eigenvalue weighted by Crippen LogP contribution is -1.68. The molecule has 0 spiro atoms. The molecule has 0 amide bonds. The molecule has 0 aliphatic heterocycles. The Labute approximate surface area is 43.4 Å². The van der Waals surface area contributed by atoms with Gasteiger partial charge < -0.3 is 0 Å². The minimum Gasteiger partial charge on any atom is -0.198 e. The van der Waals surface area contributed by atoms with E-state index >= 15 is 0 Å². The predicted molar refractivity (Wildman–Crippen MR) is 27.3 cm³/mol. The number of rotatable bonds is 2. The first-order valence-corrected chi connectivity index (χ1v) is 2.44. The lowest BCUT2D eigenvalue weighted by atomic mass is 10.4. The van der Waals surface area contributed by atoms with Crippen molar-refractivity contribution in [2.45, 2.75) is 12.8 Å². The molecule has 0 heterocycles. The second-order valence-electron chi connectivity index (χ2n) is 0.966. The van der Waals surface area contributed by atoms with E-state index in [0.717, 1.165) is 6.42 Å². The SMILES string of the molecule is N#CCCC[S]. The van der Waals surface area contributed by atoms with E-state index in [-0.39, 0.29) is 0 Å². The fourth-order valence-electron chi connectivity index (χ4n) is 0.151. The molecule has 0 bridgehead atoms. The molecule has 2 heteroatoms. The van der Waals surface area contributed by atoms with Crippen molar-refractivity contribution in [2.75, 3.05) is 5.75 Å². The van der Waals surface area contributed by atoms with E-state index in [2.05, 4.69) is 12.6 Å². The van der Waals surface area contributed by atoms with Gasteiger partial charge in [-0.3, -0.25) is 0 Å². The molecule has 0 aliphatic carbocycles. The molecule has 0 fully saturated rings. The lowest BCUT2D eigenvalue weighted by Gasteiger charge is -1.75. The molecule has 6 heavy (non-hydrogen) atoms. The molecule has 1 nitrogen and oxygen atoms in total. The van der Waals surface area contributed by atoms with Gasteiger partial charge in [0.25, 0.3) is 0 Å². The van der Waals surface area contributed by atoms with Gasteiger partial charge in [-0.2, -0.15) is 5.26 Å². The third-order valence-electron chi connectivity index (χ3n) is 0.433. The fraction of sp³-hybridized carbons (Fsp3) is 0.750. The Morgan fingerprint density at radius 1 is 1.67 bits per heavy atom. The normalized spacial score (nSPS) is 7.33. The predicted octanol–water partition coefficient (Wildman–Crippen LogP) is 1.49. The Balaban J connectivity index is 2.54. The van der Waals surface area contributed by atoms with E-state index in [1.54, 1.807) is 0 Å². The van der Waals surface area contributed by atoms with E-state index in [1.807, 2.05) is 6.07 Å². The third kappa shape index (κ3) is 3.84. The zero-order chi connectivity index (χ0) is 4.83. The van der Waals surface area contributed by atoms with Gasteiger partial charge in [0.05, 0.1) is 6.07 Å². The highest BCUT2D eigenvalue weighted by Crippen LogP contribution is 1.86. The Kier molecular flexibility index (Phi) is 4.71. The van der Waals surface area contributed by atoms with Crippen LogP contribution in [0, 0.1) is 11.3 Å². The molecule has 0 atom stereocenters. The van der Waals surface area contributed by atoms with Crippen molar-refractivity contribution < 1.29 is 0 Å². The number of unbranched alkanes of at least 4 members (excludes halogenated alkanes) is 1. The van der Waals surface area contributed by atoms with Gasteiger partial charge in [-0.1, -0.05) is 12.6 Å². The molecule has 0 aliphatic rings. The summed E-state index contributed by atoms with van der Waals surface area (Å²) in [6.07, 6.45) is 1.48. The van der Waals surface area contributed by atoms with Crippen LogP contribution in [-0.4, -0.2) is 5.75 Å². The minimum absolute atomic E-state index is 0.615. The Morgan fingerprint density at radius 2 is 2.33 bits per heavy atom. The summed E-state index contributed by atoms with van der Waals surface area (Å²) >= 11 is 4.57.